The van der Waals surface area contributed by atoms with Gasteiger partial charge in [0.05, 0.1) is 25.2 Å². The quantitative estimate of drug-likeness (QED) is 0.663. The summed E-state index contributed by atoms with van der Waals surface area (Å²) in [6.07, 6.45) is 0.337. The first kappa shape index (κ1) is 20.2. The van der Waals surface area contributed by atoms with Gasteiger partial charge >= 0.3 is 11.8 Å². The van der Waals surface area contributed by atoms with Gasteiger partial charge in [-0.2, -0.15) is 0 Å². The number of carbonyl (C=O) groups excluding carboxylic acids is 2. The van der Waals surface area contributed by atoms with Crippen molar-refractivity contribution in [2.24, 2.45) is 0 Å². The number of hydrogen-bond acceptors (Lipinski definition) is 6. The van der Waals surface area contributed by atoms with E-state index in [-0.39, 0.29) is 31.2 Å². The highest BCUT2D eigenvalue weighted by molar-refractivity contribution is 7.91. The van der Waals surface area contributed by atoms with Crippen molar-refractivity contribution >= 4 is 21.7 Å². The van der Waals surface area contributed by atoms with Crippen molar-refractivity contribution in [2.75, 3.05) is 38.9 Å². The zero-order valence-electron chi connectivity index (χ0n) is 14.9. The lowest BCUT2D eigenvalue weighted by Crippen LogP contribution is -2.49. The van der Waals surface area contributed by atoms with Crippen LogP contribution >= 0.6 is 0 Å². The molecule has 9 heteroatoms. The first-order valence-corrected chi connectivity index (χ1v) is 10.1. The zero-order chi connectivity index (χ0) is 19.2. The molecule has 1 aliphatic rings. The van der Waals surface area contributed by atoms with Gasteiger partial charge in [0.1, 0.15) is 5.75 Å². The molecule has 0 aliphatic carbocycles. The lowest BCUT2D eigenvalue weighted by molar-refractivity contribution is -0.147. The minimum absolute atomic E-state index is 0.0297. The van der Waals surface area contributed by atoms with Crippen LogP contribution in [0.5, 0.6) is 5.75 Å². The van der Waals surface area contributed by atoms with Crippen molar-refractivity contribution in [2.45, 2.75) is 19.0 Å². The van der Waals surface area contributed by atoms with Crippen LogP contribution in [0.2, 0.25) is 0 Å². The summed E-state index contributed by atoms with van der Waals surface area (Å²) in [4.78, 5) is 26.1. The maximum Gasteiger partial charge on any atom is 0.312 e. The number of sulfone groups is 1. The van der Waals surface area contributed by atoms with E-state index >= 15 is 0 Å². The molecule has 0 bridgehead atoms. The van der Waals surface area contributed by atoms with E-state index in [1.807, 2.05) is 0 Å². The molecule has 1 atom stereocenters. The van der Waals surface area contributed by atoms with Gasteiger partial charge in [0.2, 0.25) is 0 Å². The summed E-state index contributed by atoms with van der Waals surface area (Å²) in [5.41, 5.74) is 0.818. The van der Waals surface area contributed by atoms with Gasteiger partial charge in [0.15, 0.2) is 9.84 Å². The van der Waals surface area contributed by atoms with Crippen LogP contribution in [0.25, 0.3) is 0 Å². The molecule has 2 rings (SSSR count). The van der Waals surface area contributed by atoms with Crippen LogP contribution in [-0.4, -0.2) is 70.1 Å². The molecule has 1 aromatic rings. The Morgan fingerprint density at radius 3 is 2.46 bits per heavy atom. The maximum absolute atomic E-state index is 12.5. The Labute approximate surface area is 153 Å². The average molecular weight is 384 g/mol. The number of rotatable bonds is 7. The molecule has 0 spiro atoms. The van der Waals surface area contributed by atoms with E-state index in [1.165, 1.54) is 12.0 Å². The van der Waals surface area contributed by atoms with E-state index in [4.69, 9.17) is 9.47 Å². The molecule has 0 radical (unpaired) electrons. The SMILES string of the molecule is COCCN(C(=O)C(=O)NCc1ccc(OC)cc1)C1CCS(=O)(=O)C1. The number of nitrogens with zero attached hydrogens (tertiary/aromatic N) is 1. The molecule has 0 saturated carbocycles. The number of methoxy groups -OCH3 is 2. The maximum atomic E-state index is 12.5. The molecule has 1 heterocycles. The summed E-state index contributed by atoms with van der Waals surface area (Å²) in [5.74, 6) is -0.890. The van der Waals surface area contributed by atoms with Gasteiger partial charge in [0, 0.05) is 26.2 Å². The highest BCUT2D eigenvalue weighted by Gasteiger charge is 2.36. The number of nitrogens with one attached hydrogen (secondary N) is 1. The largest absolute Gasteiger partial charge is 0.497 e. The Hall–Kier alpha value is -2.13. The van der Waals surface area contributed by atoms with Crippen molar-refractivity contribution in [1.29, 1.82) is 0 Å². The second-order valence-corrected chi connectivity index (χ2v) is 8.31. The number of benzene rings is 1. The van der Waals surface area contributed by atoms with Crippen LogP contribution in [0, 0.1) is 0 Å². The van der Waals surface area contributed by atoms with E-state index in [9.17, 15) is 18.0 Å². The van der Waals surface area contributed by atoms with Crippen LogP contribution in [0.1, 0.15) is 12.0 Å². The first-order valence-electron chi connectivity index (χ1n) is 8.27. The summed E-state index contributed by atoms with van der Waals surface area (Å²) in [7, 11) is -0.118. The first-order chi connectivity index (χ1) is 12.4. The summed E-state index contributed by atoms with van der Waals surface area (Å²) >= 11 is 0. The van der Waals surface area contributed by atoms with E-state index in [2.05, 4.69) is 5.32 Å². The third kappa shape index (κ3) is 5.43. The summed E-state index contributed by atoms with van der Waals surface area (Å²) in [6, 6.07) is 6.61. The number of ether oxygens (including phenoxy) is 2. The van der Waals surface area contributed by atoms with E-state index in [1.54, 1.807) is 31.4 Å². The fourth-order valence-electron chi connectivity index (χ4n) is 2.79. The zero-order valence-corrected chi connectivity index (χ0v) is 15.8. The molecule has 144 valence electrons. The fraction of sp³-hybridized carbons (Fsp3) is 0.529. The van der Waals surface area contributed by atoms with Crippen molar-refractivity contribution in [3.8, 4) is 5.75 Å². The van der Waals surface area contributed by atoms with E-state index in [0.717, 1.165) is 5.56 Å². The summed E-state index contributed by atoms with van der Waals surface area (Å²) < 4.78 is 33.4. The molecule has 1 N–H and O–H groups in total. The highest BCUT2D eigenvalue weighted by Crippen LogP contribution is 2.18. The molecular formula is C17H24N2O6S. The molecule has 8 nitrogen and oxygen atoms in total. The third-order valence-corrected chi connectivity index (χ3v) is 6.00. The van der Waals surface area contributed by atoms with Gasteiger partial charge in [-0.1, -0.05) is 12.1 Å². The average Bonchev–Trinajstić information content (AvgIpc) is 2.99. The molecule has 2 amide bonds. The molecule has 1 saturated heterocycles. The second-order valence-electron chi connectivity index (χ2n) is 6.08. The summed E-state index contributed by atoms with van der Waals surface area (Å²) in [6.45, 7) is 0.592. The highest BCUT2D eigenvalue weighted by atomic mass is 32.2. The van der Waals surface area contributed by atoms with Crippen LogP contribution in [0.3, 0.4) is 0 Å². The number of amides is 2. The van der Waals surface area contributed by atoms with Crippen LogP contribution in [-0.2, 0) is 30.7 Å². The monoisotopic (exact) mass is 384 g/mol. The van der Waals surface area contributed by atoms with Crippen LogP contribution in [0.15, 0.2) is 24.3 Å². The predicted octanol–water partition coefficient (Wildman–Crippen LogP) is -0.0265. The fourth-order valence-corrected chi connectivity index (χ4v) is 4.52. The lowest BCUT2D eigenvalue weighted by Gasteiger charge is -2.27. The second kappa shape index (κ2) is 9.00. The molecule has 0 aromatic heterocycles. The van der Waals surface area contributed by atoms with Gasteiger partial charge < -0.3 is 19.7 Å². The third-order valence-electron chi connectivity index (χ3n) is 4.25. The lowest BCUT2D eigenvalue weighted by atomic mass is 10.2. The minimum atomic E-state index is -3.16. The minimum Gasteiger partial charge on any atom is -0.497 e. The Bertz CT molecular complexity index is 732. The number of carbonyl (C=O) groups is 2. The molecule has 1 aromatic carbocycles. The molecule has 1 fully saturated rings. The Balaban J connectivity index is 1.98. The Morgan fingerprint density at radius 1 is 1.23 bits per heavy atom. The predicted molar refractivity (Wildman–Crippen MR) is 95.5 cm³/mol. The van der Waals surface area contributed by atoms with Crippen molar-refractivity contribution in [1.82, 2.24) is 10.2 Å². The smallest absolute Gasteiger partial charge is 0.312 e. The number of hydrogen-bond donors (Lipinski definition) is 1. The normalized spacial score (nSPS) is 18.3. The Kier molecular flexibility index (Phi) is 6.98. The van der Waals surface area contributed by atoms with Gasteiger partial charge in [-0.25, -0.2) is 8.42 Å². The van der Waals surface area contributed by atoms with Crippen LogP contribution in [0.4, 0.5) is 0 Å². The van der Waals surface area contributed by atoms with Gasteiger partial charge in [-0.05, 0) is 24.1 Å². The van der Waals surface area contributed by atoms with Gasteiger partial charge in [0.25, 0.3) is 0 Å². The molecule has 26 heavy (non-hydrogen) atoms. The molecular weight excluding hydrogens is 360 g/mol. The van der Waals surface area contributed by atoms with Crippen molar-refractivity contribution < 1.29 is 27.5 Å². The topological polar surface area (TPSA) is 102 Å². The Morgan fingerprint density at radius 2 is 1.92 bits per heavy atom. The van der Waals surface area contributed by atoms with E-state index < -0.39 is 27.7 Å². The van der Waals surface area contributed by atoms with Gasteiger partial charge in [-0.3, -0.25) is 9.59 Å². The van der Waals surface area contributed by atoms with E-state index in [0.29, 0.717) is 12.2 Å². The van der Waals surface area contributed by atoms with Crippen LogP contribution < -0.4 is 10.1 Å². The standard InChI is InChI=1S/C17H24N2O6S/c1-24-9-8-19(14-7-10-26(22,23)12-14)17(21)16(20)18-11-13-3-5-15(25-2)6-4-13/h3-6,14H,7-12H2,1-2H3,(H,18,20). The van der Waals surface area contributed by atoms with Crippen molar-refractivity contribution in [3.05, 3.63) is 29.8 Å². The van der Waals surface area contributed by atoms with Crippen molar-refractivity contribution in [3.63, 3.8) is 0 Å². The summed E-state index contributed by atoms with van der Waals surface area (Å²) in [5, 5.41) is 2.58. The van der Waals surface area contributed by atoms with Gasteiger partial charge in [-0.15, -0.1) is 0 Å². The molecule has 1 unspecified atom stereocenters. The molecule has 1 aliphatic heterocycles.